The van der Waals surface area contributed by atoms with E-state index in [0.717, 1.165) is 24.2 Å². The Kier molecular flexibility index (Phi) is 5.96. The van der Waals surface area contributed by atoms with E-state index >= 15 is 0 Å². The average Bonchev–Trinajstić information content (AvgIpc) is 2.53. The van der Waals surface area contributed by atoms with Gasteiger partial charge in [0.2, 0.25) is 0 Å². The maximum Gasteiger partial charge on any atom is 0.123 e. The summed E-state index contributed by atoms with van der Waals surface area (Å²) in [6.07, 6.45) is 2.21. The van der Waals surface area contributed by atoms with Gasteiger partial charge in [0.25, 0.3) is 0 Å². The molecule has 2 nitrogen and oxygen atoms in total. The Hall–Kier alpha value is -1.87. The number of aryl methyl sites for hydroxylation is 1. The second kappa shape index (κ2) is 7.95. The Morgan fingerprint density at radius 2 is 1.55 bits per heavy atom. The molecule has 3 heteroatoms. The molecule has 0 fully saturated rings. The summed E-state index contributed by atoms with van der Waals surface area (Å²) in [5.41, 5.74) is 2.29. The smallest absolute Gasteiger partial charge is 0.123 e. The summed E-state index contributed by atoms with van der Waals surface area (Å²) in [4.78, 5) is 2.24. The van der Waals surface area contributed by atoms with Crippen LogP contribution in [0.25, 0.3) is 0 Å². The highest BCUT2D eigenvalue weighted by Crippen LogP contribution is 2.16. The molecule has 0 aliphatic carbocycles. The van der Waals surface area contributed by atoms with Crippen LogP contribution < -0.4 is 4.74 Å². The van der Waals surface area contributed by atoms with Crippen LogP contribution in [0, 0.1) is 5.82 Å². The SMILES string of the molecule is CC(CCc1ccc(OCc2ccc(F)cc2)cc1)N(C)C. The number of halogens is 1. The average molecular weight is 301 g/mol. The predicted octanol–water partition coefficient (Wildman–Crippen LogP) is 4.29. The molecule has 0 aliphatic rings. The summed E-state index contributed by atoms with van der Waals surface area (Å²) in [7, 11) is 4.22. The van der Waals surface area contributed by atoms with Gasteiger partial charge in [0.15, 0.2) is 0 Å². The Morgan fingerprint density at radius 1 is 0.955 bits per heavy atom. The van der Waals surface area contributed by atoms with Crippen LogP contribution in [0.4, 0.5) is 4.39 Å². The van der Waals surface area contributed by atoms with E-state index in [4.69, 9.17) is 4.74 Å². The highest BCUT2D eigenvalue weighted by atomic mass is 19.1. The Bertz CT molecular complexity index is 563. The largest absolute Gasteiger partial charge is 0.489 e. The maximum atomic E-state index is 12.8. The summed E-state index contributed by atoms with van der Waals surface area (Å²) in [6, 6.07) is 15.2. The number of hydrogen-bond acceptors (Lipinski definition) is 2. The number of benzene rings is 2. The molecule has 0 heterocycles. The number of hydrogen-bond donors (Lipinski definition) is 0. The van der Waals surface area contributed by atoms with Gasteiger partial charge >= 0.3 is 0 Å². The van der Waals surface area contributed by atoms with Gasteiger partial charge in [-0.25, -0.2) is 4.39 Å². The van der Waals surface area contributed by atoms with Crippen LogP contribution in [-0.2, 0) is 13.0 Å². The quantitative estimate of drug-likeness (QED) is 0.756. The van der Waals surface area contributed by atoms with Crippen molar-refractivity contribution in [2.45, 2.75) is 32.4 Å². The normalized spacial score (nSPS) is 12.4. The fourth-order valence-electron chi connectivity index (χ4n) is 2.13. The van der Waals surface area contributed by atoms with Gasteiger partial charge in [0.05, 0.1) is 0 Å². The van der Waals surface area contributed by atoms with Gasteiger partial charge in [-0.1, -0.05) is 24.3 Å². The van der Waals surface area contributed by atoms with Crippen molar-refractivity contribution < 1.29 is 9.13 Å². The molecule has 0 bridgehead atoms. The van der Waals surface area contributed by atoms with Crippen LogP contribution in [0.3, 0.4) is 0 Å². The van der Waals surface area contributed by atoms with Crippen LogP contribution in [0.1, 0.15) is 24.5 Å². The summed E-state index contributed by atoms with van der Waals surface area (Å²) in [6.45, 7) is 2.69. The number of rotatable bonds is 7. The first-order chi connectivity index (χ1) is 10.5. The summed E-state index contributed by atoms with van der Waals surface area (Å²) in [5, 5.41) is 0. The zero-order valence-corrected chi connectivity index (χ0v) is 13.6. The molecule has 0 saturated carbocycles. The van der Waals surface area contributed by atoms with E-state index in [1.807, 2.05) is 12.1 Å². The molecule has 0 amide bonds. The van der Waals surface area contributed by atoms with E-state index in [-0.39, 0.29) is 5.82 Å². The van der Waals surface area contributed by atoms with Gasteiger partial charge in [-0.05, 0) is 69.3 Å². The van der Waals surface area contributed by atoms with E-state index in [1.165, 1.54) is 17.7 Å². The first-order valence-electron chi connectivity index (χ1n) is 7.67. The lowest BCUT2D eigenvalue weighted by atomic mass is 10.1. The second-order valence-electron chi connectivity index (χ2n) is 5.91. The van der Waals surface area contributed by atoms with Gasteiger partial charge in [0, 0.05) is 6.04 Å². The zero-order valence-electron chi connectivity index (χ0n) is 13.6. The molecule has 2 rings (SSSR count). The molecule has 0 N–H and O–H groups in total. The van der Waals surface area contributed by atoms with E-state index in [1.54, 1.807) is 12.1 Å². The summed E-state index contributed by atoms with van der Waals surface area (Å²) in [5.74, 6) is 0.619. The van der Waals surface area contributed by atoms with Gasteiger partial charge in [0.1, 0.15) is 18.2 Å². The standard InChI is InChI=1S/C19H24FNO/c1-15(21(2)3)4-5-16-8-12-19(13-9-16)22-14-17-6-10-18(20)11-7-17/h6-13,15H,4-5,14H2,1-3H3. The topological polar surface area (TPSA) is 12.5 Å². The van der Waals surface area contributed by atoms with Crippen LogP contribution in [-0.4, -0.2) is 25.0 Å². The fraction of sp³-hybridized carbons (Fsp3) is 0.368. The predicted molar refractivity (Wildman–Crippen MR) is 88.6 cm³/mol. The van der Waals surface area contributed by atoms with Crippen molar-refractivity contribution in [3.8, 4) is 5.75 Å². The van der Waals surface area contributed by atoms with Crippen molar-refractivity contribution in [3.05, 3.63) is 65.5 Å². The van der Waals surface area contributed by atoms with Crippen molar-refractivity contribution in [2.24, 2.45) is 0 Å². The molecule has 0 radical (unpaired) electrons. The Labute approximate surface area is 132 Å². The molecule has 22 heavy (non-hydrogen) atoms. The first kappa shape index (κ1) is 16.5. The van der Waals surface area contributed by atoms with E-state index in [0.29, 0.717) is 12.6 Å². The molecule has 118 valence electrons. The van der Waals surface area contributed by atoms with Crippen LogP contribution >= 0.6 is 0 Å². The molecule has 1 atom stereocenters. The third-order valence-corrected chi connectivity index (χ3v) is 3.97. The molecule has 0 aliphatic heterocycles. The molecule has 1 unspecified atom stereocenters. The van der Waals surface area contributed by atoms with Crippen molar-refractivity contribution >= 4 is 0 Å². The lowest BCUT2D eigenvalue weighted by molar-refractivity contribution is 0.298. The molecule has 0 aromatic heterocycles. The molecule has 2 aromatic carbocycles. The van der Waals surface area contributed by atoms with Gasteiger partial charge in [-0.15, -0.1) is 0 Å². The van der Waals surface area contributed by atoms with Gasteiger partial charge < -0.3 is 9.64 Å². The lowest BCUT2D eigenvalue weighted by Crippen LogP contribution is -2.24. The minimum atomic E-state index is -0.222. The summed E-state index contributed by atoms with van der Waals surface area (Å²) >= 11 is 0. The van der Waals surface area contributed by atoms with E-state index in [9.17, 15) is 4.39 Å². The van der Waals surface area contributed by atoms with Crippen molar-refractivity contribution in [1.29, 1.82) is 0 Å². The van der Waals surface area contributed by atoms with Crippen LogP contribution in [0.5, 0.6) is 5.75 Å². The molecule has 0 spiro atoms. The van der Waals surface area contributed by atoms with Gasteiger partial charge in [-0.2, -0.15) is 0 Å². The highest BCUT2D eigenvalue weighted by molar-refractivity contribution is 5.28. The Morgan fingerprint density at radius 3 is 2.14 bits per heavy atom. The van der Waals surface area contributed by atoms with Crippen molar-refractivity contribution in [1.82, 2.24) is 4.90 Å². The third-order valence-electron chi connectivity index (χ3n) is 3.97. The van der Waals surface area contributed by atoms with Gasteiger partial charge in [-0.3, -0.25) is 0 Å². The maximum absolute atomic E-state index is 12.8. The molecule has 0 saturated heterocycles. The zero-order chi connectivity index (χ0) is 15.9. The summed E-state index contributed by atoms with van der Waals surface area (Å²) < 4.78 is 18.5. The first-order valence-corrected chi connectivity index (χ1v) is 7.67. The molecular formula is C19H24FNO. The number of ether oxygens (including phenoxy) is 1. The monoisotopic (exact) mass is 301 g/mol. The molecule has 2 aromatic rings. The molecular weight excluding hydrogens is 277 g/mol. The van der Waals surface area contributed by atoms with Crippen LogP contribution in [0.2, 0.25) is 0 Å². The Balaban J connectivity index is 1.82. The van der Waals surface area contributed by atoms with E-state index < -0.39 is 0 Å². The third kappa shape index (κ3) is 5.15. The minimum absolute atomic E-state index is 0.222. The van der Waals surface area contributed by atoms with Crippen LogP contribution in [0.15, 0.2) is 48.5 Å². The fourth-order valence-corrected chi connectivity index (χ4v) is 2.13. The second-order valence-corrected chi connectivity index (χ2v) is 5.91. The minimum Gasteiger partial charge on any atom is -0.489 e. The lowest BCUT2D eigenvalue weighted by Gasteiger charge is -2.19. The van der Waals surface area contributed by atoms with Crippen molar-refractivity contribution in [3.63, 3.8) is 0 Å². The number of nitrogens with zero attached hydrogens (tertiary/aromatic N) is 1. The van der Waals surface area contributed by atoms with E-state index in [2.05, 4.69) is 38.1 Å². The van der Waals surface area contributed by atoms with Crippen molar-refractivity contribution in [2.75, 3.05) is 14.1 Å². The highest BCUT2D eigenvalue weighted by Gasteiger charge is 2.05.